The Hall–Kier alpha value is -2.95. The fourth-order valence-electron chi connectivity index (χ4n) is 2.85. The highest BCUT2D eigenvalue weighted by molar-refractivity contribution is 5.62. The first kappa shape index (κ1) is 16.9. The molecule has 0 amide bonds. The molecule has 0 aliphatic carbocycles. The van der Waals surface area contributed by atoms with E-state index in [1.807, 2.05) is 24.3 Å². The highest BCUT2D eigenvalue weighted by Gasteiger charge is 2.15. The summed E-state index contributed by atoms with van der Waals surface area (Å²) in [5, 5.41) is 8.47. The third-order valence-electron chi connectivity index (χ3n) is 4.07. The van der Waals surface area contributed by atoms with E-state index in [1.54, 1.807) is 6.20 Å². The fourth-order valence-corrected chi connectivity index (χ4v) is 2.85. The van der Waals surface area contributed by atoms with Crippen LogP contribution in [0.3, 0.4) is 0 Å². The molecular weight excluding hydrogens is 310 g/mol. The summed E-state index contributed by atoms with van der Waals surface area (Å²) >= 11 is 0. The highest BCUT2D eigenvalue weighted by Crippen LogP contribution is 2.26. The Balaban J connectivity index is 1.97. The molecule has 25 heavy (non-hydrogen) atoms. The summed E-state index contributed by atoms with van der Waals surface area (Å²) in [4.78, 5) is 8.97. The molecule has 0 unspecified atom stereocenters. The van der Waals surface area contributed by atoms with Crippen molar-refractivity contribution in [1.29, 1.82) is 0 Å². The number of aryl methyl sites for hydroxylation is 1. The first-order valence-corrected chi connectivity index (χ1v) is 8.59. The van der Waals surface area contributed by atoms with Gasteiger partial charge in [0.15, 0.2) is 5.82 Å². The Labute approximate surface area is 149 Å². The first-order valence-electron chi connectivity index (χ1n) is 8.59. The van der Waals surface area contributed by atoms with E-state index in [4.69, 9.17) is 4.98 Å². The lowest BCUT2D eigenvalue weighted by atomic mass is 10.2. The van der Waals surface area contributed by atoms with Crippen molar-refractivity contribution in [2.24, 2.45) is 0 Å². The van der Waals surface area contributed by atoms with Crippen molar-refractivity contribution in [1.82, 2.24) is 15.2 Å². The smallest absolute Gasteiger partial charge is 0.251 e. The molecule has 0 aliphatic heterocycles. The molecular formula is C20H23N5. The van der Waals surface area contributed by atoms with E-state index in [-0.39, 0.29) is 0 Å². The molecule has 0 saturated heterocycles. The molecule has 1 heterocycles. The summed E-state index contributed by atoms with van der Waals surface area (Å²) in [6, 6.07) is 18.5. The lowest BCUT2D eigenvalue weighted by Gasteiger charge is -2.25. The molecule has 0 spiro atoms. The minimum absolute atomic E-state index is 0.611. The topological polar surface area (TPSA) is 45.2 Å². The molecule has 128 valence electrons. The summed E-state index contributed by atoms with van der Waals surface area (Å²) in [5.41, 5.74) is 3.37. The van der Waals surface area contributed by atoms with Crippen LogP contribution in [0.5, 0.6) is 0 Å². The molecule has 3 rings (SSSR count). The lowest BCUT2D eigenvalue weighted by Crippen LogP contribution is -2.23. The van der Waals surface area contributed by atoms with E-state index >= 15 is 0 Å². The number of para-hydroxylation sites is 1. The van der Waals surface area contributed by atoms with Crippen molar-refractivity contribution in [3.63, 3.8) is 0 Å². The van der Waals surface area contributed by atoms with Crippen LogP contribution in [0.4, 0.5) is 23.1 Å². The number of anilines is 4. The van der Waals surface area contributed by atoms with Crippen molar-refractivity contribution in [3.05, 3.63) is 66.4 Å². The maximum atomic E-state index is 4.78. The van der Waals surface area contributed by atoms with Crippen LogP contribution in [0.1, 0.15) is 19.4 Å². The number of rotatable bonds is 6. The Morgan fingerprint density at radius 1 is 0.840 bits per heavy atom. The molecule has 0 saturated carbocycles. The number of benzene rings is 2. The van der Waals surface area contributed by atoms with E-state index in [1.165, 1.54) is 5.56 Å². The molecule has 0 N–H and O–H groups in total. The average Bonchev–Trinajstić information content (AvgIpc) is 2.64. The Morgan fingerprint density at radius 3 is 2.24 bits per heavy atom. The Morgan fingerprint density at radius 2 is 1.56 bits per heavy atom. The van der Waals surface area contributed by atoms with Crippen molar-refractivity contribution in [2.45, 2.75) is 20.8 Å². The van der Waals surface area contributed by atoms with E-state index < -0.39 is 0 Å². The molecule has 5 heteroatoms. The average molecular weight is 333 g/mol. The number of nitrogens with zero attached hydrogens (tertiary/aromatic N) is 5. The third-order valence-corrected chi connectivity index (χ3v) is 4.07. The summed E-state index contributed by atoms with van der Waals surface area (Å²) in [7, 11) is 0. The molecule has 0 fully saturated rings. The van der Waals surface area contributed by atoms with Gasteiger partial charge in [0.05, 0.1) is 6.20 Å². The van der Waals surface area contributed by atoms with Gasteiger partial charge in [-0.15, -0.1) is 5.10 Å². The molecule has 2 aromatic carbocycles. The van der Waals surface area contributed by atoms with Crippen molar-refractivity contribution in [3.8, 4) is 0 Å². The molecule has 0 atom stereocenters. The van der Waals surface area contributed by atoms with Gasteiger partial charge in [0.2, 0.25) is 0 Å². The Bertz CT molecular complexity index is 819. The van der Waals surface area contributed by atoms with E-state index in [0.29, 0.717) is 5.95 Å². The van der Waals surface area contributed by atoms with Gasteiger partial charge >= 0.3 is 0 Å². The van der Waals surface area contributed by atoms with Gasteiger partial charge in [-0.1, -0.05) is 30.3 Å². The Kier molecular flexibility index (Phi) is 5.23. The largest absolute Gasteiger partial charge is 0.325 e. The van der Waals surface area contributed by atoms with Crippen LogP contribution in [0, 0.1) is 6.92 Å². The standard InChI is InChI=1S/C20H23N5/c1-4-24(17-11-7-6-8-12-17)19-15-21-23-20(22-19)25(5-2)18-13-9-10-16(3)14-18/h6-15H,4-5H2,1-3H3. The molecule has 5 nitrogen and oxygen atoms in total. The van der Waals surface area contributed by atoms with Crippen LogP contribution in [0.2, 0.25) is 0 Å². The predicted octanol–water partition coefficient (Wildman–Crippen LogP) is 4.50. The summed E-state index contributed by atoms with van der Waals surface area (Å²) in [5.74, 6) is 1.41. The monoisotopic (exact) mass is 333 g/mol. The lowest BCUT2D eigenvalue weighted by molar-refractivity contribution is 0.863. The van der Waals surface area contributed by atoms with Crippen LogP contribution in [0.15, 0.2) is 60.8 Å². The third kappa shape index (κ3) is 3.76. The minimum atomic E-state index is 0.611. The van der Waals surface area contributed by atoms with Crippen LogP contribution >= 0.6 is 0 Å². The number of hydrogen-bond donors (Lipinski definition) is 0. The second-order valence-electron chi connectivity index (χ2n) is 5.78. The van der Waals surface area contributed by atoms with Crippen LogP contribution in [-0.4, -0.2) is 28.3 Å². The van der Waals surface area contributed by atoms with E-state index in [2.05, 4.69) is 71.1 Å². The zero-order valence-electron chi connectivity index (χ0n) is 14.9. The zero-order chi connectivity index (χ0) is 17.6. The fraction of sp³-hybridized carbons (Fsp3) is 0.250. The maximum Gasteiger partial charge on any atom is 0.251 e. The minimum Gasteiger partial charge on any atom is -0.325 e. The van der Waals surface area contributed by atoms with Crippen LogP contribution < -0.4 is 9.80 Å². The van der Waals surface area contributed by atoms with Crippen molar-refractivity contribution in [2.75, 3.05) is 22.9 Å². The van der Waals surface area contributed by atoms with E-state index in [9.17, 15) is 0 Å². The van der Waals surface area contributed by atoms with Crippen molar-refractivity contribution >= 4 is 23.1 Å². The number of aromatic nitrogens is 3. The molecule has 3 aromatic rings. The van der Waals surface area contributed by atoms with Gasteiger partial charge in [0.1, 0.15) is 0 Å². The number of hydrogen-bond acceptors (Lipinski definition) is 5. The molecule has 0 aliphatic rings. The second kappa shape index (κ2) is 7.75. The van der Waals surface area contributed by atoms with Gasteiger partial charge in [0, 0.05) is 24.5 Å². The maximum absolute atomic E-state index is 4.78. The van der Waals surface area contributed by atoms with Crippen LogP contribution in [-0.2, 0) is 0 Å². The summed E-state index contributed by atoms with van der Waals surface area (Å²) in [6.07, 6.45) is 1.71. The van der Waals surface area contributed by atoms with Gasteiger partial charge in [-0.05, 0) is 50.6 Å². The van der Waals surface area contributed by atoms with E-state index in [0.717, 1.165) is 30.3 Å². The van der Waals surface area contributed by atoms with Gasteiger partial charge in [0.25, 0.3) is 5.95 Å². The first-order chi connectivity index (χ1) is 12.2. The van der Waals surface area contributed by atoms with Gasteiger partial charge in [-0.3, -0.25) is 0 Å². The molecule has 1 aromatic heterocycles. The molecule has 0 bridgehead atoms. The predicted molar refractivity (Wildman–Crippen MR) is 103 cm³/mol. The summed E-state index contributed by atoms with van der Waals surface area (Å²) < 4.78 is 0. The second-order valence-corrected chi connectivity index (χ2v) is 5.78. The van der Waals surface area contributed by atoms with Gasteiger partial charge in [-0.2, -0.15) is 10.1 Å². The highest BCUT2D eigenvalue weighted by atomic mass is 15.3. The van der Waals surface area contributed by atoms with Crippen LogP contribution in [0.25, 0.3) is 0 Å². The normalized spacial score (nSPS) is 10.5. The quantitative estimate of drug-likeness (QED) is 0.665. The SMILES string of the molecule is CCN(c1ccccc1)c1cnnc(N(CC)c2cccc(C)c2)n1. The molecule has 0 radical (unpaired) electrons. The summed E-state index contributed by atoms with van der Waals surface area (Å²) in [6.45, 7) is 7.85. The van der Waals surface area contributed by atoms with Gasteiger partial charge in [-0.25, -0.2) is 0 Å². The zero-order valence-corrected chi connectivity index (χ0v) is 14.9. The van der Waals surface area contributed by atoms with Crippen molar-refractivity contribution < 1.29 is 0 Å². The van der Waals surface area contributed by atoms with Gasteiger partial charge < -0.3 is 9.80 Å².